The van der Waals surface area contributed by atoms with Gasteiger partial charge < -0.3 is 4.90 Å². The first kappa shape index (κ1) is 22.5. The number of aromatic nitrogens is 2. The number of rotatable bonds is 6. The second-order valence-electron chi connectivity index (χ2n) is 8.28. The van der Waals surface area contributed by atoms with Crippen LogP contribution in [0.5, 0.6) is 0 Å². The Bertz CT molecular complexity index is 1000. The van der Waals surface area contributed by atoms with Gasteiger partial charge in [-0.1, -0.05) is 26.0 Å². The zero-order valence-corrected chi connectivity index (χ0v) is 19.4. The van der Waals surface area contributed by atoms with Crippen molar-refractivity contribution < 1.29 is 13.2 Å². The first-order valence-corrected chi connectivity index (χ1v) is 11.9. The molecule has 0 atom stereocenters. The summed E-state index contributed by atoms with van der Waals surface area (Å²) in [5, 5.41) is 4.40. The van der Waals surface area contributed by atoms with Gasteiger partial charge in [0.1, 0.15) is 0 Å². The van der Waals surface area contributed by atoms with Gasteiger partial charge in [0.05, 0.1) is 10.6 Å². The molecule has 3 rings (SSSR count). The third kappa shape index (κ3) is 4.59. The maximum absolute atomic E-state index is 12.9. The fourth-order valence-corrected chi connectivity index (χ4v) is 5.34. The molecule has 7 nitrogen and oxygen atoms in total. The Kier molecular flexibility index (Phi) is 6.67. The zero-order valence-electron chi connectivity index (χ0n) is 18.6. The summed E-state index contributed by atoms with van der Waals surface area (Å²) in [5.74, 6) is 0.423. The van der Waals surface area contributed by atoms with Crippen molar-refractivity contribution in [1.82, 2.24) is 19.0 Å². The van der Waals surface area contributed by atoms with Crippen LogP contribution >= 0.6 is 0 Å². The van der Waals surface area contributed by atoms with E-state index in [1.165, 1.54) is 4.31 Å². The van der Waals surface area contributed by atoms with Gasteiger partial charge in [0.2, 0.25) is 15.9 Å². The molecule has 1 aromatic heterocycles. The van der Waals surface area contributed by atoms with Crippen molar-refractivity contribution in [3.05, 3.63) is 46.8 Å². The first-order valence-electron chi connectivity index (χ1n) is 10.5. The number of carbonyl (C=O) groups is 1. The van der Waals surface area contributed by atoms with Crippen molar-refractivity contribution in [2.24, 2.45) is 7.05 Å². The van der Waals surface area contributed by atoms with Crippen LogP contribution in [0.15, 0.2) is 29.2 Å². The minimum atomic E-state index is -3.53. The van der Waals surface area contributed by atoms with E-state index < -0.39 is 10.0 Å². The van der Waals surface area contributed by atoms with E-state index in [0.29, 0.717) is 49.8 Å². The summed E-state index contributed by atoms with van der Waals surface area (Å²) in [6.45, 7) is 9.63. The van der Waals surface area contributed by atoms with E-state index in [1.807, 2.05) is 37.7 Å². The molecule has 1 aliphatic heterocycles. The molecule has 30 heavy (non-hydrogen) atoms. The molecule has 0 unspecified atom stereocenters. The van der Waals surface area contributed by atoms with Crippen LogP contribution in [0.4, 0.5) is 0 Å². The fourth-order valence-electron chi connectivity index (χ4n) is 3.92. The number of aryl methyl sites for hydroxylation is 2. The van der Waals surface area contributed by atoms with E-state index in [0.717, 1.165) is 22.5 Å². The van der Waals surface area contributed by atoms with Crippen molar-refractivity contribution in [2.75, 3.05) is 26.2 Å². The summed E-state index contributed by atoms with van der Waals surface area (Å²) in [6, 6.07) is 7.11. The van der Waals surface area contributed by atoms with Gasteiger partial charge in [0.15, 0.2) is 0 Å². The first-order chi connectivity index (χ1) is 14.1. The molecule has 0 radical (unpaired) electrons. The molecule has 1 aromatic carbocycles. The lowest BCUT2D eigenvalue weighted by Crippen LogP contribution is -2.50. The summed E-state index contributed by atoms with van der Waals surface area (Å²) < 4.78 is 29.2. The quantitative estimate of drug-likeness (QED) is 0.703. The Hall–Kier alpha value is -2.19. The summed E-state index contributed by atoms with van der Waals surface area (Å²) in [7, 11) is -1.63. The molecule has 164 valence electrons. The average Bonchev–Trinajstić information content (AvgIpc) is 2.97. The molecule has 2 aromatic rings. The number of amides is 1. The summed E-state index contributed by atoms with van der Waals surface area (Å²) in [4.78, 5) is 14.7. The van der Waals surface area contributed by atoms with Gasteiger partial charge in [-0.25, -0.2) is 8.42 Å². The van der Waals surface area contributed by atoms with Crippen LogP contribution in [0, 0.1) is 13.8 Å². The third-order valence-corrected chi connectivity index (χ3v) is 7.94. The van der Waals surface area contributed by atoms with Gasteiger partial charge in [0, 0.05) is 45.3 Å². The molecule has 1 fully saturated rings. The van der Waals surface area contributed by atoms with Crippen molar-refractivity contribution in [3.8, 4) is 0 Å². The Balaban J connectivity index is 1.57. The van der Waals surface area contributed by atoms with E-state index in [-0.39, 0.29) is 5.91 Å². The Labute approximate surface area is 179 Å². The second-order valence-corrected chi connectivity index (χ2v) is 10.2. The van der Waals surface area contributed by atoms with Gasteiger partial charge >= 0.3 is 0 Å². The number of hydrogen-bond donors (Lipinski definition) is 0. The van der Waals surface area contributed by atoms with Crippen molar-refractivity contribution in [1.29, 1.82) is 0 Å². The smallest absolute Gasteiger partial charge is 0.243 e. The molecular formula is C22H32N4O3S. The topological polar surface area (TPSA) is 75.5 Å². The number of sulfonamides is 1. The summed E-state index contributed by atoms with van der Waals surface area (Å²) >= 11 is 0. The minimum absolute atomic E-state index is 0.0657. The Morgan fingerprint density at radius 1 is 1.07 bits per heavy atom. The minimum Gasteiger partial charge on any atom is -0.340 e. The average molecular weight is 433 g/mol. The second kappa shape index (κ2) is 8.89. The van der Waals surface area contributed by atoms with Crippen molar-refractivity contribution in [3.63, 3.8) is 0 Å². The number of nitrogens with zero attached hydrogens (tertiary/aromatic N) is 4. The normalized spacial score (nSPS) is 15.7. The molecule has 0 bridgehead atoms. The lowest BCUT2D eigenvalue weighted by molar-refractivity contribution is -0.132. The van der Waals surface area contributed by atoms with Crippen LogP contribution in [0.2, 0.25) is 0 Å². The molecule has 0 aliphatic carbocycles. The summed E-state index contributed by atoms with van der Waals surface area (Å²) in [5.41, 5.74) is 4.28. The largest absolute Gasteiger partial charge is 0.340 e. The fraction of sp³-hybridized carbons (Fsp3) is 0.545. The van der Waals surface area contributed by atoms with E-state index >= 15 is 0 Å². The molecule has 8 heteroatoms. The molecule has 1 aliphatic rings. The predicted octanol–water partition coefficient (Wildman–Crippen LogP) is 2.63. The standard InChI is InChI=1S/C22H32N4O3S/c1-16(2)19-6-8-20(9-7-19)30(28,29)26-14-12-25(13-15-26)22(27)11-10-21-17(3)23-24(5)18(21)4/h6-9,16H,10-15H2,1-5H3. The maximum Gasteiger partial charge on any atom is 0.243 e. The van der Waals surface area contributed by atoms with Crippen LogP contribution in [0.3, 0.4) is 0 Å². The number of hydrogen-bond acceptors (Lipinski definition) is 4. The van der Waals surface area contributed by atoms with Crippen LogP contribution < -0.4 is 0 Å². The van der Waals surface area contributed by atoms with E-state index in [9.17, 15) is 13.2 Å². The maximum atomic E-state index is 12.9. The van der Waals surface area contributed by atoms with Crippen LogP contribution in [-0.2, 0) is 28.3 Å². The predicted molar refractivity (Wildman–Crippen MR) is 117 cm³/mol. The third-order valence-electron chi connectivity index (χ3n) is 6.02. The lowest BCUT2D eigenvalue weighted by atomic mass is 10.0. The number of carbonyl (C=O) groups excluding carboxylic acids is 1. The highest BCUT2D eigenvalue weighted by molar-refractivity contribution is 7.89. The number of benzene rings is 1. The van der Waals surface area contributed by atoms with Gasteiger partial charge in [0.25, 0.3) is 0 Å². The van der Waals surface area contributed by atoms with Crippen LogP contribution in [0.25, 0.3) is 0 Å². The Morgan fingerprint density at radius 3 is 2.17 bits per heavy atom. The van der Waals surface area contributed by atoms with Gasteiger partial charge in [-0.3, -0.25) is 9.48 Å². The molecule has 0 saturated carbocycles. The molecule has 1 amide bonds. The highest BCUT2D eigenvalue weighted by Crippen LogP contribution is 2.22. The highest BCUT2D eigenvalue weighted by atomic mass is 32.2. The van der Waals surface area contributed by atoms with Gasteiger partial charge in [-0.2, -0.15) is 9.40 Å². The molecule has 0 spiro atoms. The monoisotopic (exact) mass is 432 g/mol. The lowest BCUT2D eigenvalue weighted by Gasteiger charge is -2.34. The van der Waals surface area contributed by atoms with Crippen LogP contribution in [0.1, 0.15) is 48.7 Å². The van der Waals surface area contributed by atoms with Crippen molar-refractivity contribution >= 4 is 15.9 Å². The summed E-state index contributed by atoms with van der Waals surface area (Å²) in [6.07, 6.45) is 1.07. The van der Waals surface area contributed by atoms with Gasteiger partial charge in [-0.15, -0.1) is 0 Å². The van der Waals surface area contributed by atoms with Crippen molar-refractivity contribution in [2.45, 2.75) is 51.3 Å². The molecular weight excluding hydrogens is 400 g/mol. The highest BCUT2D eigenvalue weighted by Gasteiger charge is 2.30. The zero-order chi connectivity index (χ0) is 22.1. The number of piperazine rings is 1. The van der Waals surface area contributed by atoms with E-state index in [1.54, 1.807) is 17.0 Å². The van der Waals surface area contributed by atoms with E-state index in [4.69, 9.17) is 0 Å². The Morgan fingerprint density at radius 2 is 1.67 bits per heavy atom. The molecule has 1 saturated heterocycles. The molecule has 0 N–H and O–H groups in total. The SMILES string of the molecule is Cc1nn(C)c(C)c1CCC(=O)N1CCN(S(=O)(=O)c2ccc(C(C)C)cc2)CC1. The molecule has 2 heterocycles. The van der Waals surface area contributed by atoms with Gasteiger partial charge in [-0.05, 0) is 49.4 Å². The van der Waals surface area contributed by atoms with Crippen LogP contribution in [-0.4, -0.2) is 59.5 Å². The van der Waals surface area contributed by atoms with E-state index in [2.05, 4.69) is 18.9 Å².